The lowest BCUT2D eigenvalue weighted by atomic mass is 10.0. The zero-order chi connectivity index (χ0) is 16.6. The van der Waals surface area contributed by atoms with Gasteiger partial charge in [0.2, 0.25) is 5.95 Å². The number of nitriles is 1. The first-order valence-electron chi connectivity index (χ1n) is 7.13. The smallest absolute Gasteiger partial charge is 0.227 e. The van der Waals surface area contributed by atoms with Crippen LogP contribution in [-0.4, -0.2) is 27.7 Å². The molecule has 5 nitrogen and oxygen atoms in total. The second-order valence-corrected chi connectivity index (χ2v) is 5.54. The van der Waals surface area contributed by atoms with Crippen LogP contribution in [0.15, 0.2) is 24.3 Å². The van der Waals surface area contributed by atoms with E-state index in [1.807, 2.05) is 6.07 Å². The molecule has 1 fully saturated rings. The average Bonchev–Trinajstić information content (AvgIpc) is 2.91. The van der Waals surface area contributed by atoms with Crippen molar-refractivity contribution in [2.45, 2.75) is 25.5 Å². The van der Waals surface area contributed by atoms with Crippen LogP contribution in [0.2, 0.25) is 0 Å². The van der Waals surface area contributed by atoms with Crippen molar-refractivity contribution < 1.29 is 13.9 Å². The van der Waals surface area contributed by atoms with Gasteiger partial charge in [-0.2, -0.15) is 5.26 Å². The Morgan fingerprint density at radius 1 is 1.26 bits per heavy atom. The molecule has 0 radical (unpaired) electrons. The van der Waals surface area contributed by atoms with Gasteiger partial charge in [-0.25, -0.2) is 18.7 Å². The molecule has 0 bridgehead atoms. The van der Waals surface area contributed by atoms with Crippen LogP contribution >= 0.6 is 0 Å². The monoisotopic (exact) mass is 316 g/mol. The largest absolute Gasteiger partial charge is 0.391 e. The van der Waals surface area contributed by atoms with Gasteiger partial charge in [0.05, 0.1) is 12.1 Å². The van der Waals surface area contributed by atoms with Gasteiger partial charge in [-0.15, -0.1) is 0 Å². The van der Waals surface area contributed by atoms with Gasteiger partial charge >= 0.3 is 0 Å². The van der Waals surface area contributed by atoms with Crippen molar-refractivity contribution in [3.63, 3.8) is 0 Å². The van der Waals surface area contributed by atoms with Crippen LogP contribution in [0.1, 0.15) is 29.4 Å². The number of hydrogen-bond acceptors (Lipinski definition) is 5. The highest BCUT2D eigenvalue weighted by molar-refractivity contribution is 5.42. The van der Waals surface area contributed by atoms with Crippen LogP contribution in [0.25, 0.3) is 0 Å². The van der Waals surface area contributed by atoms with E-state index in [-0.39, 0.29) is 18.3 Å². The van der Waals surface area contributed by atoms with Gasteiger partial charge in [0.25, 0.3) is 0 Å². The number of aliphatic hydroxyl groups excluding tert-OH is 1. The first kappa shape index (κ1) is 15.3. The fourth-order valence-corrected chi connectivity index (χ4v) is 2.81. The summed E-state index contributed by atoms with van der Waals surface area (Å²) in [6.07, 6.45) is -0.285. The van der Waals surface area contributed by atoms with Crippen LogP contribution in [0.4, 0.5) is 14.7 Å². The molecule has 0 unspecified atom stereocenters. The third-order valence-corrected chi connectivity index (χ3v) is 3.82. The summed E-state index contributed by atoms with van der Waals surface area (Å²) in [4.78, 5) is 10.2. The molecule has 118 valence electrons. The second-order valence-electron chi connectivity index (χ2n) is 5.54. The molecule has 0 saturated carbocycles. The Hall–Kier alpha value is -2.59. The average molecular weight is 316 g/mol. The minimum Gasteiger partial charge on any atom is -0.391 e. The Labute approximate surface area is 131 Å². The maximum atomic E-state index is 13.5. The maximum Gasteiger partial charge on any atom is 0.227 e. The number of anilines is 1. The first-order chi connectivity index (χ1) is 11.0. The molecule has 1 aromatic heterocycles. The van der Waals surface area contributed by atoms with Gasteiger partial charge < -0.3 is 10.0 Å². The molecular weight excluding hydrogens is 302 g/mol. The molecule has 1 aliphatic rings. The zero-order valence-corrected chi connectivity index (χ0v) is 12.4. The molecule has 0 spiro atoms. The first-order valence-corrected chi connectivity index (χ1v) is 7.13. The van der Waals surface area contributed by atoms with Crippen LogP contribution in [0.5, 0.6) is 0 Å². The number of aryl methyl sites for hydroxylation is 1. The van der Waals surface area contributed by atoms with Crippen molar-refractivity contribution in [2.24, 2.45) is 0 Å². The van der Waals surface area contributed by atoms with Crippen molar-refractivity contribution in [2.75, 3.05) is 11.4 Å². The van der Waals surface area contributed by atoms with E-state index in [0.29, 0.717) is 23.6 Å². The lowest BCUT2D eigenvalue weighted by molar-refractivity contribution is 0.194. The molecule has 3 rings (SSSR count). The summed E-state index contributed by atoms with van der Waals surface area (Å²) in [5.74, 6) is -1.56. The van der Waals surface area contributed by atoms with Crippen LogP contribution < -0.4 is 4.90 Å². The number of aromatic nitrogens is 2. The van der Waals surface area contributed by atoms with Crippen LogP contribution in [-0.2, 0) is 0 Å². The molecule has 2 aromatic rings. The summed E-state index contributed by atoms with van der Waals surface area (Å²) in [5.41, 5.74) is 1.37. The van der Waals surface area contributed by atoms with Gasteiger partial charge in [-0.1, -0.05) is 6.07 Å². The molecule has 1 aromatic carbocycles. The number of benzene rings is 1. The molecule has 1 saturated heterocycles. The SMILES string of the molecule is Cc1cc(C#N)nc(N2C[C@@H](O)C[C@H]2c2ccc(F)c(F)c2)n1. The topological polar surface area (TPSA) is 73.0 Å². The quantitative estimate of drug-likeness (QED) is 0.920. The van der Waals surface area contributed by atoms with E-state index in [1.54, 1.807) is 17.9 Å². The van der Waals surface area contributed by atoms with Gasteiger partial charge in [-0.3, -0.25) is 0 Å². The number of β-amino-alcohol motifs (C(OH)–C–C–N with tert-alkyl or cyclic N) is 1. The molecule has 0 amide bonds. The molecule has 1 aliphatic heterocycles. The van der Waals surface area contributed by atoms with Gasteiger partial charge in [-0.05, 0) is 37.1 Å². The standard InChI is InChI=1S/C16H14F2N4O/c1-9-4-11(7-19)21-16(20-9)22-8-12(23)6-15(22)10-2-3-13(17)14(18)5-10/h2-5,12,15,23H,6,8H2,1H3/t12-,15-/m0/s1. The van der Waals surface area contributed by atoms with E-state index in [2.05, 4.69) is 9.97 Å². The Morgan fingerprint density at radius 2 is 2.04 bits per heavy atom. The van der Waals surface area contributed by atoms with E-state index in [1.165, 1.54) is 6.07 Å². The summed E-state index contributed by atoms with van der Waals surface area (Å²) in [5, 5.41) is 19.0. The highest BCUT2D eigenvalue weighted by Crippen LogP contribution is 2.35. The fraction of sp³-hybridized carbons (Fsp3) is 0.312. The summed E-state index contributed by atoms with van der Waals surface area (Å²) >= 11 is 0. The summed E-state index contributed by atoms with van der Waals surface area (Å²) in [7, 11) is 0. The van der Waals surface area contributed by atoms with Crippen LogP contribution in [0.3, 0.4) is 0 Å². The minimum atomic E-state index is -0.938. The third kappa shape index (κ3) is 2.98. The Kier molecular flexibility index (Phi) is 3.92. The summed E-state index contributed by atoms with van der Waals surface area (Å²) < 4.78 is 26.6. The number of hydrogen-bond donors (Lipinski definition) is 1. The number of rotatable bonds is 2. The second kappa shape index (κ2) is 5.89. The van der Waals surface area contributed by atoms with Crippen molar-refractivity contribution >= 4 is 5.95 Å². The van der Waals surface area contributed by atoms with Crippen molar-refractivity contribution in [3.8, 4) is 6.07 Å². The summed E-state index contributed by atoms with van der Waals surface area (Å²) in [6.45, 7) is 2.00. The molecule has 2 heterocycles. The number of nitrogens with zero attached hydrogens (tertiary/aromatic N) is 4. The Morgan fingerprint density at radius 3 is 2.74 bits per heavy atom. The summed E-state index contributed by atoms with van der Waals surface area (Å²) in [6, 6.07) is 6.80. The van der Waals surface area contributed by atoms with E-state index >= 15 is 0 Å². The predicted octanol–water partition coefficient (Wildman–Crippen LogP) is 2.25. The van der Waals surface area contributed by atoms with E-state index in [0.717, 1.165) is 12.1 Å². The van der Waals surface area contributed by atoms with Crippen molar-refractivity contribution in [3.05, 3.63) is 52.9 Å². The number of aliphatic hydroxyl groups is 1. The molecular formula is C16H14F2N4O. The van der Waals surface area contributed by atoms with Crippen molar-refractivity contribution in [1.82, 2.24) is 9.97 Å². The fourth-order valence-electron chi connectivity index (χ4n) is 2.81. The molecule has 1 N–H and O–H groups in total. The highest BCUT2D eigenvalue weighted by atomic mass is 19.2. The highest BCUT2D eigenvalue weighted by Gasteiger charge is 2.34. The number of halogens is 2. The lowest BCUT2D eigenvalue weighted by Crippen LogP contribution is -2.26. The third-order valence-electron chi connectivity index (χ3n) is 3.82. The van der Waals surface area contributed by atoms with Gasteiger partial charge in [0.1, 0.15) is 11.8 Å². The molecule has 23 heavy (non-hydrogen) atoms. The molecule has 0 aliphatic carbocycles. The Balaban J connectivity index is 2.01. The van der Waals surface area contributed by atoms with E-state index in [9.17, 15) is 13.9 Å². The predicted molar refractivity (Wildman–Crippen MR) is 78.6 cm³/mol. The lowest BCUT2D eigenvalue weighted by Gasteiger charge is -2.25. The molecule has 7 heteroatoms. The minimum absolute atomic E-state index is 0.220. The Bertz CT molecular complexity index is 790. The normalized spacial score (nSPS) is 20.6. The van der Waals surface area contributed by atoms with Crippen molar-refractivity contribution in [1.29, 1.82) is 5.26 Å². The molecule has 2 atom stereocenters. The van der Waals surface area contributed by atoms with E-state index in [4.69, 9.17) is 5.26 Å². The zero-order valence-electron chi connectivity index (χ0n) is 12.4. The van der Waals surface area contributed by atoms with Crippen LogP contribution in [0, 0.1) is 29.9 Å². The van der Waals surface area contributed by atoms with E-state index < -0.39 is 17.7 Å². The van der Waals surface area contributed by atoms with Gasteiger partial charge in [0, 0.05) is 12.2 Å². The maximum absolute atomic E-state index is 13.5. The van der Waals surface area contributed by atoms with Gasteiger partial charge in [0.15, 0.2) is 11.6 Å².